The maximum Gasteiger partial charge on any atom is 0.199 e. The highest BCUT2D eigenvalue weighted by Gasteiger charge is 2.16. The van der Waals surface area contributed by atoms with Crippen LogP contribution in [0, 0.1) is 11.8 Å². The number of rotatable bonds is 3. The Morgan fingerprint density at radius 1 is 1.00 bits per heavy atom. The molecule has 0 amide bonds. The van der Waals surface area contributed by atoms with Gasteiger partial charge in [-0.15, -0.1) is 5.92 Å². The van der Waals surface area contributed by atoms with Crippen LogP contribution in [0.15, 0.2) is 54.1 Å². The van der Waals surface area contributed by atoms with Crippen molar-refractivity contribution in [3.05, 3.63) is 59.7 Å². The van der Waals surface area contributed by atoms with E-state index in [1.807, 2.05) is 6.92 Å². The maximum absolute atomic E-state index is 3.28. The molecular weight excluding hydrogens is 292 g/mol. The summed E-state index contributed by atoms with van der Waals surface area (Å²) >= 11 is 0. The van der Waals surface area contributed by atoms with Gasteiger partial charge in [-0.3, -0.25) is 4.48 Å². The lowest BCUT2D eigenvalue weighted by Gasteiger charge is -2.27. The lowest BCUT2D eigenvalue weighted by Crippen LogP contribution is -2.39. The number of allylic oxidation sites excluding steroid dienone is 6. The number of hydrogen-bond acceptors (Lipinski definition) is 0. The van der Waals surface area contributed by atoms with Crippen molar-refractivity contribution < 1.29 is 4.58 Å². The Hall–Kier alpha value is -2.37. The molecule has 1 aliphatic carbocycles. The molecule has 0 atom stereocenters. The highest BCUT2D eigenvalue weighted by molar-refractivity contribution is 6.03. The van der Waals surface area contributed by atoms with Crippen LogP contribution in [0.1, 0.15) is 19.4 Å². The lowest BCUT2D eigenvalue weighted by molar-refractivity contribution is -0.462. The first-order valence-corrected chi connectivity index (χ1v) is 8.40. The third-order valence-electron chi connectivity index (χ3n) is 4.57. The molecule has 0 fully saturated rings. The highest BCUT2D eigenvalue weighted by atomic mass is 15.3. The predicted octanol–water partition coefficient (Wildman–Crippen LogP) is 3.89. The Morgan fingerprint density at radius 3 is 2.04 bits per heavy atom. The fourth-order valence-corrected chi connectivity index (χ4v) is 2.58. The zero-order valence-corrected chi connectivity index (χ0v) is 15.7. The van der Waals surface area contributed by atoms with E-state index in [-0.39, 0.29) is 0 Å². The number of nitrogens with zero attached hydrogens (tertiary/aromatic N) is 2. The summed E-state index contributed by atoms with van der Waals surface area (Å²) in [4.78, 5) is 0. The zero-order chi connectivity index (χ0) is 17.7. The molecule has 0 radical (unpaired) electrons. The van der Waals surface area contributed by atoms with Crippen molar-refractivity contribution in [1.82, 2.24) is 4.48 Å². The highest BCUT2D eigenvalue weighted by Crippen LogP contribution is 2.26. The van der Waals surface area contributed by atoms with Gasteiger partial charge in [-0.1, -0.05) is 5.92 Å². The van der Waals surface area contributed by atoms with Gasteiger partial charge in [0.05, 0.1) is 20.6 Å². The molecule has 0 spiro atoms. The first-order valence-electron chi connectivity index (χ1n) is 8.40. The summed E-state index contributed by atoms with van der Waals surface area (Å²) in [6, 6.07) is 8.80. The quantitative estimate of drug-likeness (QED) is 0.451. The molecule has 0 aliphatic heterocycles. The third-order valence-corrected chi connectivity index (χ3v) is 4.57. The topological polar surface area (TPSA) is 3.01 Å². The normalized spacial score (nSPS) is 13.6. The van der Waals surface area contributed by atoms with Crippen LogP contribution in [0.3, 0.4) is 0 Å². The molecule has 2 heteroatoms. The molecule has 124 valence electrons. The van der Waals surface area contributed by atoms with Crippen LogP contribution in [0.2, 0.25) is 0 Å². The Morgan fingerprint density at radius 2 is 1.58 bits per heavy atom. The van der Waals surface area contributed by atoms with Crippen molar-refractivity contribution in [1.29, 1.82) is 0 Å². The van der Waals surface area contributed by atoms with E-state index in [1.165, 1.54) is 17.0 Å². The van der Waals surface area contributed by atoms with E-state index in [0.717, 1.165) is 22.2 Å². The average Bonchev–Trinajstić information content (AvgIpc) is 2.60. The molecular formula is C22H28N2+2. The van der Waals surface area contributed by atoms with Gasteiger partial charge in [0.2, 0.25) is 0 Å². The largest absolute Gasteiger partial charge is 0.296 e. The molecule has 2 nitrogen and oxygen atoms in total. The second-order valence-electron chi connectivity index (χ2n) is 6.74. The van der Waals surface area contributed by atoms with Crippen molar-refractivity contribution in [2.45, 2.75) is 13.8 Å². The van der Waals surface area contributed by atoms with Crippen LogP contribution in [-0.4, -0.2) is 45.0 Å². The van der Waals surface area contributed by atoms with Gasteiger partial charge in [0.25, 0.3) is 0 Å². The summed E-state index contributed by atoms with van der Waals surface area (Å²) in [6.45, 7) is 5.16. The fraction of sp³-hybridized carbons (Fsp3) is 0.318. The standard InChI is InChI=1S/C22H28N2/c1-7-9-22(18-10-14-20(15-11-18)23(3)4)19-12-16-21(17-13-19)24(5,6)8-2/h10-17H,8H2,1-6H3/q+2. The van der Waals surface area contributed by atoms with Crippen molar-refractivity contribution in [2.75, 3.05) is 34.7 Å². The SMILES string of the molecule is CC#CC(=C1C=CC(=[N+](C)C)C=C1)c1ccc([N+](C)(C)CC)cc1. The van der Waals surface area contributed by atoms with Crippen LogP contribution < -0.4 is 4.48 Å². The number of benzene rings is 1. The van der Waals surface area contributed by atoms with Crippen molar-refractivity contribution >= 4 is 17.0 Å². The maximum atomic E-state index is 3.28. The first-order chi connectivity index (χ1) is 11.4. The predicted molar refractivity (Wildman–Crippen MR) is 106 cm³/mol. The van der Waals surface area contributed by atoms with E-state index in [0.29, 0.717) is 0 Å². The van der Waals surface area contributed by atoms with Gasteiger partial charge >= 0.3 is 0 Å². The molecule has 0 heterocycles. The van der Waals surface area contributed by atoms with Crippen LogP contribution in [0.4, 0.5) is 5.69 Å². The van der Waals surface area contributed by atoms with Crippen molar-refractivity contribution in [2.24, 2.45) is 0 Å². The van der Waals surface area contributed by atoms with Gasteiger partial charge in [0, 0.05) is 17.7 Å². The summed E-state index contributed by atoms with van der Waals surface area (Å²) in [7, 11) is 8.56. The molecule has 0 aromatic heterocycles. The van der Waals surface area contributed by atoms with Crippen LogP contribution in [0.25, 0.3) is 5.57 Å². The van der Waals surface area contributed by atoms with Gasteiger partial charge in [0.1, 0.15) is 19.8 Å². The van der Waals surface area contributed by atoms with Crippen molar-refractivity contribution in [3.63, 3.8) is 0 Å². The molecule has 1 aliphatic rings. The smallest absolute Gasteiger partial charge is 0.199 e. The summed E-state index contributed by atoms with van der Waals surface area (Å²) in [5.74, 6) is 6.34. The molecule has 2 rings (SSSR count). The zero-order valence-electron chi connectivity index (χ0n) is 15.7. The Bertz CT molecular complexity index is 767. The molecule has 0 N–H and O–H groups in total. The van der Waals surface area contributed by atoms with E-state index in [4.69, 9.17) is 0 Å². The van der Waals surface area contributed by atoms with Crippen LogP contribution in [-0.2, 0) is 0 Å². The van der Waals surface area contributed by atoms with Gasteiger partial charge in [0.15, 0.2) is 5.71 Å². The second-order valence-corrected chi connectivity index (χ2v) is 6.74. The monoisotopic (exact) mass is 320 g/mol. The molecule has 1 aromatic carbocycles. The van der Waals surface area contributed by atoms with E-state index in [1.54, 1.807) is 0 Å². The van der Waals surface area contributed by atoms with Crippen LogP contribution >= 0.6 is 0 Å². The molecule has 0 bridgehead atoms. The molecule has 24 heavy (non-hydrogen) atoms. The first kappa shape index (κ1) is 18.0. The molecule has 0 unspecified atom stereocenters. The lowest BCUT2D eigenvalue weighted by atomic mass is 9.96. The van der Waals surface area contributed by atoms with E-state index < -0.39 is 0 Å². The summed E-state index contributed by atoms with van der Waals surface area (Å²) < 4.78 is 2.99. The molecule has 0 saturated carbocycles. The fourth-order valence-electron chi connectivity index (χ4n) is 2.58. The van der Waals surface area contributed by atoms with Crippen molar-refractivity contribution in [3.8, 4) is 11.8 Å². The summed E-state index contributed by atoms with van der Waals surface area (Å²) in [5.41, 5.74) is 5.91. The second kappa shape index (κ2) is 7.47. The average molecular weight is 320 g/mol. The van der Waals surface area contributed by atoms with Gasteiger partial charge < -0.3 is 0 Å². The minimum Gasteiger partial charge on any atom is -0.296 e. The third kappa shape index (κ3) is 3.93. The van der Waals surface area contributed by atoms with Gasteiger partial charge in [-0.2, -0.15) is 0 Å². The van der Waals surface area contributed by atoms with E-state index in [9.17, 15) is 0 Å². The summed E-state index contributed by atoms with van der Waals surface area (Å²) in [6.07, 6.45) is 8.57. The number of hydrogen-bond donors (Lipinski definition) is 0. The Labute approximate surface area is 146 Å². The Balaban J connectivity index is 2.45. The van der Waals surface area contributed by atoms with Crippen LogP contribution in [0.5, 0.6) is 0 Å². The minimum absolute atomic E-state index is 0.882. The number of quaternary nitrogens is 1. The summed E-state index contributed by atoms with van der Waals surface area (Å²) in [5, 5.41) is 0. The van der Waals surface area contributed by atoms with Gasteiger partial charge in [-0.25, -0.2) is 4.58 Å². The van der Waals surface area contributed by atoms with Gasteiger partial charge in [-0.05, 0) is 61.4 Å². The van der Waals surface area contributed by atoms with E-state index in [2.05, 4.69) is 100 Å². The molecule has 0 saturated heterocycles. The minimum atomic E-state index is 0.882. The molecule has 1 aromatic rings. The Kier molecular flexibility index (Phi) is 5.59. The van der Waals surface area contributed by atoms with E-state index >= 15 is 0 Å².